The van der Waals surface area contributed by atoms with Crippen molar-refractivity contribution >= 4 is 95.2 Å². The average molecular weight is 1410 g/mol. The highest BCUT2D eigenvalue weighted by Gasteiger charge is 2.50. The van der Waals surface area contributed by atoms with E-state index in [1.165, 1.54) is 26.4 Å². The van der Waals surface area contributed by atoms with E-state index in [0.717, 1.165) is 24.3 Å². The van der Waals surface area contributed by atoms with Gasteiger partial charge in [0.15, 0.2) is 17.3 Å². The van der Waals surface area contributed by atoms with E-state index in [-0.39, 0.29) is 130 Å². The predicted octanol–water partition coefficient (Wildman–Crippen LogP) is 8.79. The van der Waals surface area contributed by atoms with Gasteiger partial charge in [-0.15, -0.1) is 0 Å². The number of benzene rings is 5. The number of hydrogen-bond acceptors (Lipinski definition) is 18. The van der Waals surface area contributed by atoms with Gasteiger partial charge in [-0.2, -0.15) is 55.4 Å². The summed E-state index contributed by atoms with van der Waals surface area (Å²) in [5.41, 5.74) is -0.556. The van der Waals surface area contributed by atoms with E-state index < -0.39 is 128 Å². The predicted molar refractivity (Wildman–Crippen MR) is 331 cm³/mol. The Morgan fingerprint density at radius 1 is 0.559 bits per heavy atom. The summed E-state index contributed by atoms with van der Waals surface area (Å²) >= 11 is 0. The van der Waals surface area contributed by atoms with E-state index in [1.54, 1.807) is 67.3 Å². The third-order valence-electron chi connectivity index (χ3n) is 15.7. The molecule has 2 unspecified atom stereocenters. The lowest BCUT2D eigenvalue weighted by molar-refractivity contribution is -0.438. The Hall–Kier alpha value is -6.41. The monoisotopic (exact) mass is 1410 g/mol. The number of carbonyl (C=O) groups is 1. The van der Waals surface area contributed by atoms with Gasteiger partial charge in [0.25, 0.3) is 50.6 Å². The molecule has 0 aliphatic carbocycles. The minimum Gasteiger partial charge on any atom is -0.420 e. The second kappa shape index (κ2) is 30.5. The third kappa shape index (κ3) is 17.7. The smallest absolute Gasteiger partial charge is 0.311 e. The number of nitrogens with zero attached hydrogens (tertiary/aromatic N) is 2. The molecule has 33 heteroatoms. The standard InChI is InChI=1S/C60H68F4N2O22S5/c1-59(21-13-33-89(68,69)70)51(66(24-26-83-3)48-38-50(93(80,81)82)41-18-17-39(90(71,72)73)34-43(41)55(48)59)14-9-6-5-7-10-15-52-60(2,22-25-85-29-30-87-32-31-86-28-27-84-4)54-44-35-40(91(74,75)76)36-49(92(77,78)79)42(44)19-20-47(54)65(52)23-12-8-11-16-53(67)88-58-56(63)45(61)37-46(62)57(58)64/h5-7,9-10,14-15,17-20,34-38H,8,11-13,16,21-33H2,1-4H3,(H4-,68,69,70,71,72,73,74,75,76,77,78,79,80,81,82)/p+1. The fourth-order valence-electron chi connectivity index (χ4n) is 11.5. The molecule has 0 radical (unpaired) electrons. The van der Waals surface area contributed by atoms with Crippen LogP contribution in [0.2, 0.25) is 0 Å². The molecule has 7 rings (SSSR count). The molecule has 0 fully saturated rings. The Morgan fingerprint density at radius 2 is 1.11 bits per heavy atom. The summed E-state index contributed by atoms with van der Waals surface area (Å²) in [7, 11) is -21.9. The molecule has 0 amide bonds. The first-order chi connectivity index (χ1) is 43.6. The first kappa shape index (κ1) is 74.0. The van der Waals surface area contributed by atoms with Crippen molar-refractivity contribution in [3.63, 3.8) is 0 Å². The van der Waals surface area contributed by atoms with Crippen LogP contribution in [0.25, 0.3) is 21.5 Å². The zero-order chi connectivity index (χ0) is 68.5. The summed E-state index contributed by atoms with van der Waals surface area (Å²) in [5, 5.41) is -0.298. The van der Waals surface area contributed by atoms with Crippen LogP contribution in [0.3, 0.4) is 0 Å². The van der Waals surface area contributed by atoms with Crippen molar-refractivity contribution in [2.24, 2.45) is 0 Å². The van der Waals surface area contributed by atoms with Crippen LogP contribution in [0.15, 0.2) is 122 Å². The van der Waals surface area contributed by atoms with Gasteiger partial charge >= 0.3 is 5.97 Å². The number of unbranched alkanes of at least 4 members (excludes halogenated alkanes) is 2. The van der Waals surface area contributed by atoms with Gasteiger partial charge in [-0.3, -0.25) is 27.6 Å². The number of carbonyl (C=O) groups excluding carboxylic acids is 1. The molecule has 5 aromatic carbocycles. The maximum Gasteiger partial charge on any atom is 0.311 e. The van der Waals surface area contributed by atoms with Crippen molar-refractivity contribution in [1.29, 1.82) is 0 Å². The summed E-state index contributed by atoms with van der Waals surface area (Å²) in [5.74, 6) is -10.9. The van der Waals surface area contributed by atoms with Crippen LogP contribution in [0.1, 0.15) is 69.9 Å². The Balaban J connectivity index is 1.30. The summed E-state index contributed by atoms with van der Waals surface area (Å²) in [6.45, 7) is 5.06. The van der Waals surface area contributed by atoms with Crippen LogP contribution in [0.5, 0.6) is 5.75 Å². The quantitative estimate of drug-likeness (QED) is 0.00375. The maximum atomic E-state index is 14.4. The first-order valence-electron chi connectivity index (χ1n) is 28.6. The maximum absolute atomic E-state index is 14.4. The second-order valence-corrected chi connectivity index (χ2v) is 29.1. The molecule has 508 valence electrons. The summed E-state index contributed by atoms with van der Waals surface area (Å²) in [4.78, 5) is 11.5. The number of hydrogen-bond donors (Lipinski definition) is 5. The summed E-state index contributed by atoms with van der Waals surface area (Å²) in [6, 6.07) is 8.78. The summed E-state index contributed by atoms with van der Waals surface area (Å²) in [6.07, 6.45) is 11.2. The van der Waals surface area contributed by atoms with Crippen LogP contribution in [-0.2, 0) is 89.9 Å². The lowest BCUT2D eigenvalue weighted by Crippen LogP contribution is -2.33. The highest BCUT2D eigenvalue weighted by Crippen LogP contribution is 2.55. The van der Waals surface area contributed by atoms with E-state index in [0.29, 0.717) is 41.9 Å². The number of esters is 1. The van der Waals surface area contributed by atoms with E-state index in [9.17, 15) is 87.2 Å². The molecule has 2 heterocycles. The molecule has 0 aromatic heterocycles. The first-order valence-corrected chi connectivity index (χ1v) is 35.9. The van der Waals surface area contributed by atoms with Crippen molar-refractivity contribution in [2.75, 3.05) is 90.8 Å². The number of anilines is 1. The van der Waals surface area contributed by atoms with Crippen molar-refractivity contribution in [3.05, 3.63) is 137 Å². The van der Waals surface area contributed by atoms with E-state index in [1.807, 2.05) is 4.58 Å². The zero-order valence-electron chi connectivity index (χ0n) is 50.6. The number of halogens is 4. The van der Waals surface area contributed by atoms with Gasteiger partial charge in [0.05, 0.1) is 67.2 Å². The number of ether oxygens (including phenoxy) is 6. The van der Waals surface area contributed by atoms with Crippen molar-refractivity contribution in [2.45, 2.75) is 89.2 Å². The van der Waals surface area contributed by atoms with Gasteiger partial charge in [0, 0.05) is 91.6 Å². The van der Waals surface area contributed by atoms with Crippen LogP contribution in [0, 0.1) is 23.3 Å². The summed E-state index contributed by atoms with van der Waals surface area (Å²) < 4.78 is 269. The molecule has 93 heavy (non-hydrogen) atoms. The van der Waals surface area contributed by atoms with Crippen LogP contribution in [-0.4, -0.2) is 167 Å². The molecule has 0 bridgehead atoms. The Labute approximate surface area is 535 Å². The topological polar surface area (TPSA) is 351 Å². The second-order valence-electron chi connectivity index (χ2n) is 21.9. The zero-order valence-corrected chi connectivity index (χ0v) is 54.7. The van der Waals surface area contributed by atoms with Crippen LogP contribution >= 0.6 is 0 Å². The van der Waals surface area contributed by atoms with Crippen LogP contribution < -0.4 is 9.64 Å². The number of methoxy groups -OCH3 is 2. The molecule has 0 spiro atoms. The average Bonchev–Trinajstić information content (AvgIpc) is 1.59. The Morgan fingerprint density at radius 3 is 1.70 bits per heavy atom. The molecular weight excluding hydrogens is 1340 g/mol. The van der Waals surface area contributed by atoms with Crippen molar-refractivity contribution < 1.29 is 120 Å². The van der Waals surface area contributed by atoms with Gasteiger partial charge in [0.1, 0.15) is 16.3 Å². The Bertz CT molecular complexity index is 4400. The van der Waals surface area contributed by atoms with E-state index in [4.69, 9.17) is 23.7 Å². The fourth-order valence-corrected chi connectivity index (χ4v) is 14.5. The molecule has 2 atom stereocenters. The highest BCUT2D eigenvalue weighted by atomic mass is 32.2. The van der Waals surface area contributed by atoms with E-state index >= 15 is 0 Å². The molecule has 24 nitrogen and oxygen atoms in total. The van der Waals surface area contributed by atoms with Gasteiger partial charge in [-0.25, -0.2) is 8.78 Å². The highest BCUT2D eigenvalue weighted by molar-refractivity contribution is 7.87. The van der Waals surface area contributed by atoms with Crippen LogP contribution in [0.4, 0.5) is 28.9 Å². The van der Waals surface area contributed by atoms with Gasteiger partial charge in [0.2, 0.25) is 23.1 Å². The van der Waals surface area contributed by atoms with E-state index in [2.05, 4.69) is 4.74 Å². The minimum atomic E-state index is -5.18. The third-order valence-corrected chi connectivity index (χ3v) is 19.9. The number of allylic oxidation sites excluding steroid dienone is 8. The van der Waals surface area contributed by atoms with Crippen molar-refractivity contribution in [3.8, 4) is 5.75 Å². The molecule has 5 N–H and O–H groups in total. The lowest BCUT2D eigenvalue weighted by Gasteiger charge is -2.30. The molecular formula is C60H69F4N2O22S5+. The molecule has 0 saturated carbocycles. The van der Waals surface area contributed by atoms with Gasteiger partial charge < -0.3 is 33.3 Å². The fraction of sp³-hybridized carbons (Fsp3) is 0.400. The molecule has 0 saturated heterocycles. The van der Waals surface area contributed by atoms with Gasteiger partial charge in [-0.05, 0) is 105 Å². The Kier molecular flexibility index (Phi) is 24.3. The molecule has 5 aromatic rings. The minimum absolute atomic E-state index is 0.00523. The molecule has 2 aliphatic rings. The number of rotatable bonds is 34. The van der Waals surface area contributed by atoms with Gasteiger partial charge in [-0.1, -0.05) is 36.4 Å². The largest absolute Gasteiger partial charge is 0.420 e. The van der Waals surface area contributed by atoms with Crippen molar-refractivity contribution in [1.82, 2.24) is 0 Å². The SMILES string of the molecule is COCCOCCOCCOCCC1(C)C(/C=C/C=C/C=C/C=C2/N(CCOC)c3cc(S(=O)(=O)O)c4ccc(S(=O)(=O)O)cc4c3C2(C)CCCS(=O)(=O)O)=[N+](CCCCCC(=O)Oc2c(F)c(F)cc(F)c2F)c2ccc3c(S(=O)(=O)O)cc(S(=O)(=O)O)cc3c21. The molecule has 2 aliphatic heterocycles. The number of fused-ring (bicyclic) bond motifs is 6. The normalized spacial score (nSPS) is 17.8. The lowest BCUT2D eigenvalue weighted by atomic mass is 9.75.